The predicted molar refractivity (Wildman–Crippen MR) is 127 cm³/mol. The summed E-state index contributed by atoms with van der Waals surface area (Å²) < 4.78 is 0. The minimum absolute atomic E-state index is 0.123. The van der Waals surface area contributed by atoms with Crippen molar-refractivity contribution in [3.8, 4) is 0 Å². The van der Waals surface area contributed by atoms with E-state index in [1.807, 2.05) is 87.4 Å². The van der Waals surface area contributed by atoms with Crippen molar-refractivity contribution in [1.29, 1.82) is 0 Å². The van der Waals surface area contributed by atoms with Crippen molar-refractivity contribution in [2.45, 2.75) is 20.4 Å². The molecule has 1 aromatic heterocycles. The Morgan fingerprint density at radius 1 is 0.906 bits per heavy atom. The Balaban J connectivity index is 1.74. The lowest BCUT2D eigenvalue weighted by Gasteiger charge is -2.15. The van der Waals surface area contributed by atoms with Crippen molar-refractivity contribution < 1.29 is 9.59 Å². The quantitative estimate of drug-likeness (QED) is 0.600. The van der Waals surface area contributed by atoms with Crippen LogP contribution < -0.4 is 10.2 Å². The second kappa shape index (κ2) is 8.67. The third kappa shape index (κ3) is 4.12. The van der Waals surface area contributed by atoms with Gasteiger partial charge in [-0.1, -0.05) is 24.3 Å². The zero-order chi connectivity index (χ0) is 22.8. The van der Waals surface area contributed by atoms with E-state index in [2.05, 4.69) is 10.3 Å². The van der Waals surface area contributed by atoms with Crippen LogP contribution >= 0.6 is 0 Å². The monoisotopic (exact) mass is 426 g/mol. The van der Waals surface area contributed by atoms with Gasteiger partial charge in [-0.3, -0.25) is 19.5 Å². The van der Waals surface area contributed by atoms with Crippen LogP contribution in [0.5, 0.6) is 0 Å². The first kappa shape index (κ1) is 21.3. The number of anilines is 2. The zero-order valence-electron chi connectivity index (χ0n) is 18.7. The molecule has 162 valence electrons. The number of aromatic nitrogens is 1. The van der Waals surface area contributed by atoms with Gasteiger partial charge in [-0.25, -0.2) is 0 Å². The fourth-order valence-corrected chi connectivity index (χ4v) is 3.64. The molecule has 0 unspecified atom stereocenters. The topological polar surface area (TPSA) is 65.5 Å². The van der Waals surface area contributed by atoms with Crippen LogP contribution in [0.15, 0.2) is 72.6 Å². The van der Waals surface area contributed by atoms with E-state index in [1.54, 1.807) is 12.3 Å². The summed E-state index contributed by atoms with van der Waals surface area (Å²) in [5.41, 5.74) is 6.03. The van der Waals surface area contributed by atoms with E-state index in [-0.39, 0.29) is 24.1 Å². The Kier molecular flexibility index (Phi) is 5.77. The molecule has 6 nitrogen and oxygen atoms in total. The highest BCUT2D eigenvalue weighted by molar-refractivity contribution is 6.36. The Labute approximate surface area is 188 Å². The van der Waals surface area contributed by atoms with Crippen molar-refractivity contribution in [3.63, 3.8) is 0 Å². The van der Waals surface area contributed by atoms with E-state index < -0.39 is 0 Å². The number of pyridine rings is 1. The Hall–Kier alpha value is -3.93. The van der Waals surface area contributed by atoms with Gasteiger partial charge in [0, 0.05) is 31.7 Å². The van der Waals surface area contributed by atoms with Crippen LogP contribution in [-0.4, -0.2) is 35.8 Å². The third-order valence-electron chi connectivity index (χ3n) is 5.66. The smallest absolute Gasteiger partial charge is 0.278 e. The van der Waals surface area contributed by atoms with E-state index in [0.717, 1.165) is 28.1 Å². The first-order chi connectivity index (χ1) is 15.3. The number of amides is 2. The second-order valence-corrected chi connectivity index (χ2v) is 8.13. The molecule has 6 heteroatoms. The summed E-state index contributed by atoms with van der Waals surface area (Å²) in [6, 6.07) is 19.0. The standard InChI is InChI=1S/C26H26N4O2/c1-17-8-9-19(15-18(17)2)23-24(28-20-10-12-22(13-11-20)29(3)4)26(32)30(25(23)31)16-21-7-5-6-14-27-21/h5-15,28H,16H2,1-4H3. The van der Waals surface area contributed by atoms with Crippen LogP contribution in [0.2, 0.25) is 0 Å². The van der Waals surface area contributed by atoms with Crippen molar-refractivity contribution in [2.24, 2.45) is 0 Å². The van der Waals surface area contributed by atoms with Gasteiger partial charge >= 0.3 is 0 Å². The van der Waals surface area contributed by atoms with E-state index >= 15 is 0 Å². The minimum Gasteiger partial charge on any atom is -0.378 e. The van der Waals surface area contributed by atoms with Crippen LogP contribution in [0.3, 0.4) is 0 Å². The molecule has 4 rings (SSSR count). The molecule has 2 amide bonds. The van der Waals surface area contributed by atoms with Crippen molar-refractivity contribution in [2.75, 3.05) is 24.3 Å². The highest BCUT2D eigenvalue weighted by atomic mass is 16.2. The molecule has 0 saturated heterocycles. The Morgan fingerprint density at radius 3 is 2.28 bits per heavy atom. The summed E-state index contributed by atoms with van der Waals surface area (Å²) in [7, 11) is 3.94. The van der Waals surface area contributed by atoms with Crippen molar-refractivity contribution >= 4 is 28.8 Å². The lowest BCUT2D eigenvalue weighted by Crippen LogP contribution is -2.32. The molecule has 1 N–H and O–H groups in total. The van der Waals surface area contributed by atoms with Gasteiger partial charge in [0.05, 0.1) is 17.8 Å². The molecule has 2 aromatic carbocycles. The van der Waals surface area contributed by atoms with Gasteiger partial charge < -0.3 is 10.2 Å². The number of benzene rings is 2. The number of hydrogen-bond acceptors (Lipinski definition) is 5. The minimum atomic E-state index is -0.356. The Morgan fingerprint density at radius 2 is 1.66 bits per heavy atom. The van der Waals surface area contributed by atoms with Gasteiger partial charge in [0.2, 0.25) is 0 Å². The zero-order valence-corrected chi connectivity index (χ0v) is 18.7. The summed E-state index contributed by atoms with van der Waals surface area (Å²) >= 11 is 0. The third-order valence-corrected chi connectivity index (χ3v) is 5.66. The maximum Gasteiger partial charge on any atom is 0.278 e. The largest absolute Gasteiger partial charge is 0.378 e. The summed E-state index contributed by atoms with van der Waals surface area (Å²) in [5.74, 6) is -0.679. The van der Waals surface area contributed by atoms with E-state index in [0.29, 0.717) is 11.3 Å². The number of nitrogens with one attached hydrogen (secondary N) is 1. The number of rotatable bonds is 6. The first-order valence-corrected chi connectivity index (χ1v) is 10.5. The first-order valence-electron chi connectivity index (χ1n) is 10.5. The molecule has 32 heavy (non-hydrogen) atoms. The molecular weight excluding hydrogens is 400 g/mol. The molecule has 0 spiro atoms. The fourth-order valence-electron chi connectivity index (χ4n) is 3.64. The van der Waals surface area contributed by atoms with Crippen LogP contribution in [0.1, 0.15) is 22.4 Å². The number of nitrogens with zero attached hydrogens (tertiary/aromatic N) is 3. The molecule has 2 heterocycles. The van der Waals surface area contributed by atoms with Crippen LogP contribution in [0.4, 0.5) is 11.4 Å². The average Bonchev–Trinajstić information content (AvgIpc) is 3.01. The Bertz CT molecular complexity index is 1200. The molecule has 0 radical (unpaired) electrons. The van der Waals surface area contributed by atoms with Gasteiger partial charge in [0.1, 0.15) is 5.70 Å². The second-order valence-electron chi connectivity index (χ2n) is 8.13. The van der Waals surface area contributed by atoms with Gasteiger partial charge in [-0.2, -0.15) is 0 Å². The molecule has 0 bridgehead atoms. The summed E-state index contributed by atoms with van der Waals surface area (Å²) in [4.78, 5) is 34.4. The molecule has 1 aliphatic heterocycles. The lowest BCUT2D eigenvalue weighted by molar-refractivity contribution is -0.137. The van der Waals surface area contributed by atoms with E-state index in [9.17, 15) is 9.59 Å². The van der Waals surface area contributed by atoms with Crippen molar-refractivity contribution in [1.82, 2.24) is 9.88 Å². The lowest BCUT2D eigenvalue weighted by atomic mass is 9.99. The fraction of sp³-hybridized carbons (Fsp3) is 0.192. The van der Waals surface area contributed by atoms with Crippen molar-refractivity contribution in [3.05, 3.63) is 94.9 Å². The summed E-state index contributed by atoms with van der Waals surface area (Å²) in [6.07, 6.45) is 1.66. The van der Waals surface area contributed by atoms with Gasteiger partial charge in [-0.05, 0) is 66.9 Å². The van der Waals surface area contributed by atoms with Crippen LogP contribution in [-0.2, 0) is 16.1 Å². The van der Waals surface area contributed by atoms with Crippen LogP contribution in [0.25, 0.3) is 5.57 Å². The molecule has 3 aromatic rings. The SMILES string of the molecule is Cc1ccc(C2=C(Nc3ccc(N(C)C)cc3)C(=O)N(Cc3ccccn3)C2=O)cc1C. The molecule has 1 aliphatic rings. The number of imide groups is 1. The maximum atomic E-state index is 13.4. The number of carbonyl (C=O) groups excluding carboxylic acids is 2. The normalized spacial score (nSPS) is 13.7. The summed E-state index contributed by atoms with van der Waals surface area (Å²) in [6.45, 7) is 4.14. The molecule has 0 aliphatic carbocycles. The highest BCUT2D eigenvalue weighted by Crippen LogP contribution is 2.32. The maximum absolute atomic E-state index is 13.4. The van der Waals surface area contributed by atoms with Gasteiger partial charge in [0.15, 0.2) is 0 Å². The van der Waals surface area contributed by atoms with E-state index in [4.69, 9.17) is 0 Å². The molecule has 0 fully saturated rings. The van der Waals surface area contributed by atoms with Gasteiger partial charge in [0.25, 0.3) is 11.8 Å². The average molecular weight is 427 g/mol. The highest BCUT2D eigenvalue weighted by Gasteiger charge is 2.39. The van der Waals surface area contributed by atoms with E-state index in [1.165, 1.54) is 4.90 Å². The summed E-state index contributed by atoms with van der Waals surface area (Å²) in [5, 5.41) is 3.21. The number of aryl methyl sites for hydroxylation is 2. The molecule has 0 atom stereocenters. The van der Waals surface area contributed by atoms with Crippen LogP contribution in [0, 0.1) is 13.8 Å². The number of hydrogen-bond donors (Lipinski definition) is 1. The molecule has 0 saturated carbocycles. The molecular formula is C26H26N4O2. The number of carbonyl (C=O) groups is 2. The van der Waals surface area contributed by atoms with Gasteiger partial charge in [-0.15, -0.1) is 0 Å². The predicted octanol–water partition coefficient (Wildman–Crippen LogP) is 4.16.